The van der Waals surface area contributed by atoms with Crippen LogP contribution in [0.3, 0.4) is 0 Å². The molecule has 0 aromatic rings. The third-order valence-corrected chi connectivity index (χ3v) is 4.45. The van der Waals surface area contributed by atoms with Crippen LogP contribution in [-0.2, 0) is 31.5 Å². The number of unbranched alkanes of at least 4 members (excludes halogenated alkanes) is 12. The SMILES string of the molecule is CCCCCCCC(=O)[O-].CCCCCCCC(=O)[O-].CCCCCCCC(=O)[O-].[Fe]. The molecule has 0 aliphatic carbocycles. The van der Waals surface area contributed by atoms with Gasteiger partial charge in [-0.25, -0.2) is 0 Å². The van der Waals surface area contributed by atoms with Gasteiger partial charge in [0.05, 0.1) is 0 Å². The van der Waals surface area contributed by atoms with Crippen LogP contribution in [-0.4, -0.2) is 17.9 Å². The summed E-state index contributed by atoms with van der Waals surface area (Å²) in [5, 5.41) is 29.8. The number of hydrogen-bond acceptors (Lipinski definition) is 6. The molecule has 7 heteroatoms. The Morgan fingerprint density at radius 1 is 0.419 bits per heavy atom. The standard InChI is InChI=1S/3C8H16O2.Fe/c3*1-2-3-4-5-6-7-8(9)10;/h3*2-7H2,1H3,(H,9,10);/p-3. The average Bonchev–Trinajstić information content (AvgIpc) is 2.68. The molecule has 0 amide bonds. The van der Waals surface area contributed by atoms with Crippen LogP contribution in [0.4, 0.5) is 0 Å². The van der Waals surface area contributed by atoms with E-state index in [9.17, 15) is 29.7 Å². The van der Waals surface area contributed by atoms with Gasteiger partial charge < -0.3 is 29.7 Å². The van der Waals surface area contributed by atoms with Crippen LogP contribution in [0.25, 0.3) is 0 Å². The Hall–Kier alpha value is -1.07. The van der Waals surface area contributed by atoms with Gasteiger partial charge in [-0.3, -0.25) is 0 Å². The minimum Gasteiger partial charge on any atom is -0.550 e. The van der Waals surface area contributed by atoms with Crippen LogP contribution in [0, 0.1) is 0 Å². The summed E-state index contributed by atoms with van der Waals surface area (Å²) in [6, 6.07) is 0. The van der Waals surface area contributed by atoms with E-state index in [0.29, 0.717) is 0 Å². The zero-order chi connectivity index (χ0) is 23.5. The number of carbonyl (C=O) groups excluding carboxylic acids is 3. The van der Waals surface area contributed by atoms with Crippen molar-refractivity contribution in [2.45, 2.75) is 136 Å². The Morgan fingerprint density at radius 3 is 0.774 bits per heavy atom. The normalized spacial score (nSPS) is 9.39. The quantitative estimate of drug-likeness (QED) is 0.217. The van der Waals surface area contributed by atoms with Gasteiger partial charge in [0, 0.05) is 35.0 Å². The molecule has 0 heterocycles. The number of hydrogen-bond donors (Lipinski definition) is 0. The second-order valence-corrected chi connectivity index (χ2v) is 7.61. The van der Waals surface area contributed by atoms with E-state index in [-0.39, 0.29) is 36.3 Å². The Labute approximate surface area is 201 Å². The predicted octanol–water partition coefficient (Wildman–Crippen LogP) is 3.29. The minimum absolute atomic E-state index is 0. The molecule has 6 nitrogen and oxygen atoms in total. The second kappa shape index (κ2) is 33.6. The molecule has 0 rings (SSSR count). The van der Waals surface area contributed by atoms with E-state index in [1.54, 1.807) is 0 Å². The van der Waals surface area contributed by atoms with Crippen LogP contribution >= 0.6 is 0 Å². The molecule has 188 valence electrons. The fourth-order valence-electron chi connectivity index (χ4n) is 2.62. The molecule has 0 unspecified atom stereocenters. The number of aliphatic carboxylic acids is 3. The van der Waals surface area contributed by atoms with Crippen molar-refractivity contribution in [3.8, 4) is 0 Å². The smallest absolute Gasteiger partial charge is 0.0414 e. The molecule has 0 aliphatic rings. The van der Waals surface area contributed by atoms with Crippen molar-refractivity contribution in [2.24, 2.45) is 0 Å². The van der Waals surface area contributed by atoms with E-state index in [1.807, 2.05) is 0 Å². The molecule has 0 saturated heterocycles. The van der Waals surface area contributed by atoms with Crippen molar-refractivity contribution in [1.82, 2.24) is 0 Å². The van der Waals surface area contributed by atoms with Crippen molar-refractivity contribution in [1.29, 1.82) is 0 Å². The predicted molar refractivity (Wildman–Crippen MR) is 115 cm³/mol. The molecule has 0 aromatic carbocycles. The van der Waals surface area contributed by atoms with Gasteiger partial charge in [-0.05, 0) is 38.5 Å². The first-order valence-electron chi connectivity index (χ1n) is 11.9. The molecule has 0 bridgehead atoms. The van der Waals surface area contributed by atoms with E-state index in [1.165, 1.54) is 38.5 Å². The van der Waals surface area contributed by atoms with Crippen molar-refractivity contribution in [2.75, 3.05) is 0 Å². The summed E-state index contributed by atoms with van der Waals surface area (Å²) in [5.41, 5.74) is 0. The van der Waals surface area contributed by atoms with Crippen LogP contribution < -0.4 is 15.3 Å². The Morgan fingerprint density at radius 2 is 0.613 bits per heavy atom. The first-order valence-corrected chi connectivity index (χ1v) is 11.9. The molecule has 0 N–H and O–H groups in total. The number of carboxylic acids is 3. The Bertz CT molecular complexity index is 331. The van der Waals surface area contributed by atoms with Crippen molar-refractivity contribution in [3.05, 3.63) is 0 Å². The van der Waals surface area contributed by atoms with Crippen LogP contribution in [0.5, 0.6) is 0 Å². The van der Waals surface area contributed by atoms with Gasteiger partial charge >= 0.3 is 0 Å². The maximum Gasteiger partial charge on any atom is 0.0414 e. The van der Waals surface area contributed by atoms with E-state index >= 15 is 0 Å². The van der Waals surface area contributed by atoms with E-state index in [4.69, 9.17) is 0 Å². The molecule has 0 radical (unpaired) electrons. The molecule has 0 atom stereocenters. The van der Waals surface area contributed by atoms with Crippen molar-refractivity contribution < 1.29 is 46.8 Å². The number of rotatable bonds is 18. The van der Waals surface area contributed by atoms with Crippen molar-refractivity contribution >= 4 is 17.9 Å². The summed E-state index contributed by atoms with van der Waals surface area (Å²) in [6.07, 6.45) is 16.8. The third-order valence-electron chi connectivity index (χ3n) is 4.45. The maximum absolute atomic E-state index is 9.92. The van der Waals surface area contributed by atoms with Gasteiger partial charge in [0.1, 0.15) is 0 Å². The molecular formula is C24H45FeO6-3. The minimum atomic E-state index is -0.920. The van der Waals surface area contributed by atoms with Crippen molar-refractivity contribution in [3.63, 3.8) is 0 Å². The first-order chi connectivity index (χ1) is 14.3. The summed E-state index contributed by atoms with van der Waals surface area (Å²) in [5.74, 6) is -2.76. The van der Waals surface area contributed by atoms with Crippen LogP contribution in [0.1, 0.15) is 136 Å². The fourth-order valence-corrected chi connectivity index (χ4v) is 2.62. The summed E-state index contributed by atoms with van der Waals surface area (Å²) in [7, 11) is 0. The number of carboxylic acid groups (broad SMARTS) is 3. The Kier molecular flexibility index (Phi) is 40.3. The van der Waals surface area contributed by atoms with Gasteiger partial charge in [-0.2, -0.15) is 0 Å². The summed E-state index contributed by atoms with van der Waals surface area (Å²) >= 11 is 0. The second-order valence-electron chi connectivity index (χ2n) is 7.61. The zero-order valence-corrected chi connectivity index (χ0v) is 21.1. The topological polar surface area (TPSA) is 120 Å². The van der Waals surface area contributed by atoms with E-state index < -0.39 is 17.9 Å². The summed E-state index contributed by atoms with van der Waals surface area (Å²) in [4.78, 5) is 29.8. The first kappa shape index (κ1) is 37.3. The van der Waals surface area contributed by atoms with Gasteiger partial charge in [0.25, 0.3) is 0 Å². The van der Waals surface area contributed by atoms with Crippen LogP contribution in [0.15, 0.2) is 0 Å². The molecule has 0 saturated carbocycles. The van der Waals surface area contributed by atoms with Gasteiger partial charge in [0.15, 0.2) is 0 Å². The maximum atomic E-state index is 9.92. The summed E-state index contributed by atoms with van der Waals surface area (Å²) < 4.78 is 0. The fraction of sp³-hybridized carbons (Fsp3) is 0.875. The molecule has 0 aromatic heterocycles. The van der Waals surface area contributed by atoms with Gasteiger partial charge in [0.2, 0.25) is 0 Å². The zero-order valence-electron chi connectivity index (χ0n) is 20.0. The molecule has 0 spiro atoms. The monoisotopic (exact) mass is 485 g/mol. The molecule has 0 fully saturated rings. The molecule has 31 heavy (non-hydrogen) atoms. The third kappa shape index (κ3) is 52.8. The number of carbonyl (C=O) groups is 3. The molecular weight excluding hydrogens is 440 g/mol. The van der Waals surface area contributed by atoms with E-state index in [2.05, 4.69) is 20.8 Å². The van der Waals surface area contributed by atoms with Gasteiger partial charge in [-0.1, -0.05) is 97.8 Å². The van der Waals surface area contributed by atoms with E-state index in [0.717, 1.165) is 57.8 Å². The Balaban J connectivity index is -0.000000174. The molecule has 0 aliphatic heterocycles. The van der Waals surface area contributed by atoms with Crippen LogP contribution in [0.2, 0.25) is 0 Å². The average molecular weight is 485 g/mol. The summed E-state index contributed by atoms with van der Waals surface area (Å²) in [6.45, 7) is 6.41. The largest absolute Gasteiger partial charge is 0.550 e. The van der Waals surface area contributed by atoms with Gasteiger partial charge in [-0.15, -0.1) is 0 Å².